The number of carboxylic acid groups (broad SMARTS) is 1. The predicted octanol–water partition coefficient (Wildman–Crippen LogP) is 2.58. The molecule has 0 amide bonds. The van der Waals surface area contributed by atoms with Gasteiger partial charge in [0.15, 0.2) is 0 Å². The van der Waals surface area contributed by atoms with Crippen molar-refractivity contribution in [3.8, 4) is 5.75 Å². The first-order valence-corrected chi connectivity index (χ1v) is 5.19. The fourth-order valence-corrected chi connectivity index (χ4v) is 1.25. The maximum absolute atomic E-state index is 10.9. The van der Waals surface area contributed by atoms with Crippen LogP contribution in [0, 0.1) is 10.1 Å². The minimum Gasteiger partial charge on any atom is -0.481 e. The van der Waals surface area contributed by atoms with Crippen molar-refractivity contribution in [3.05, 3.63) is 44.9 Å². The van der Waals surface area contributed by atoms with E-state index in [1.54, 1.807) is 0 Å². The molecular formula is C10H8BrNO5. The number of nitro groups is 1. The van der Waals surface area contributed by atoms with Crippen LogP contribution in [0.1, 0.15) is 10.4 Å². The van der Waals surface area contributed by atoms with Crippen molar-refractivity contribution in [1.82, 2.24) is 0 Å². The normalized spacial score (nSPS) is 9.71. The molecule has 0 bridgehead atoms. The van der Waals surface area contributed by atoms with Crippen molar-refractivity contribution >= 4 is 27.6 Å². The molecule has 17 heavy (non-hydrogen) atoms. The number of halogens is 1. The Morgan fingerprint density at radius 3 is 2.71 bits per heavy atom. The maximum atomic E-state index is 10.9. The molecule has 0 aromatic heterocycles. The number of carboxylic acids is 1. The van der Waals surface area contributed by atoms with Gasteiger partial charge < -0.3 is 9.84 Å². The Morgan fingerprint density at radius 1 is 1.59 bits per heavy atom. The average molecular weight is 302 g/mol. The molecule has 0 aliphatic carbocycles. The molecule has 6 nitrogen and oxygen atoms in total. The van der Waals surface area contributed by atoms with Crippen molar-refractivity contribution in [2.24, 2.45) is 0 Å². The summed E-state index contributed by atoms with van der Waals surface area (Å²) in [6.45, 7) is 3.44. The SMILES string of the molecule is C=C(Br)COc1c(C(=O)O)cccc1[N+](=O)[O-]. The standard InChI is InChI=1S/C10H8BrNO5/c1-6(11)5-17-9-7(10(13)14)3-2-4-8(9)12(15)16/h2-4H,1,5H2,(H,13,14). The van der Waals surface area contributed by atoms with E-state index in [0.29, 0.717) is 4.48 Å². The number of aromatic carboxylic acids is 1. The summed E-state index contributed by atoms with van der Waals surface area (Å²) in [7, 11) is 0. The fraction of sp³-hybridized carbons (Fsp3) is 0.100. The Bertz CT molecular complexity index is 453. The molecule has 7 heteroatoms. The van der Waals surface area contributed by atoms with Gasteiger partial charge in [-0.25, -0.2) is 4.79 Å². The molecule has 0 spiro atoms. The fourth-order valence-electron chi connectivity index (χ4n) is 1.14. The highest BCUT2D eigenvalue weighted by Gasteiger charge is 2.22. The number of carbonyl (C=O) groups is 1. The summed E-state index contributed by atoms with van der Waals surface area (Å²) in [6.07, 6.45) is 0. The van der Waals surface area contributed by atoms with Crippen LogP contribution in [0.25, 0.3) is 0 Å². The largest absolute Gasteiger partial charge is 0.481 e. The van der Waals surface area contributed by atoms with Gasteiger partial charge in [0.05, 0.1) is 4.92 Å². The zero-order valence-corrected chi connectivity index (χ0v) is 10.1. The summed E-state index contributed by atoms with van der Waals surface area (Å²) < 4.78 is 5.53. The Balaban J connectivity index is 3.23. The van der Waals surface area contributed by atoms with Crippen LogP contribution < -0.4 is 4.74 Å². The second-order valence-electron chi connectivity index (χ2n) is 3.02. The first kappa shape index (κ1) is 13.2. The van der Waals surface area contributed by atoms with Crippen molar-refractivity contribution in [1.29, 1.82) is 0 Å². The highest BCUT2D eigenvalue weighted by molar-refractivity contribution is 9.11. The first-order valence-electron chi connectivity index (χ1n) is 4.40. The summed E-state index contributed by atoms with van der Waals surface area (Å²) in [6, 6.07) is 3.71. The van der Waals surface area contributed by atoms with E-state index in [0.717, 1.165) is 0 Å². The number of para-hydroxylation sites is 1. The van der Waals surface area contributed by atoms with E-state index in [9.17, 15) is 14.9 Å². The minimum atomic E-state index is -1.29. The highest BCUT2D eigenvalue weighted by atomic mass is 79.9. The van der Waals surface area contributed by atoms with Crippen LogP contribution in [-0.2, 0) is 0 Å². The third-order valence-electron chi connectivity index (χ3n) is 1.79. The van der Waals surface area contributed by atoms with Crippen LogP contribution >= 0.6 is 15.9 Å². The van der Waals surface area contributed by atoms with E-state index in [4.69, 9.17) is 9.84 Å². The van der Waals surface area contributed by atoms with Gasteiger partial charge in [-0.15, -0.1) is 0 Å². The molecule has 1 rings (SSSR count). The Labute approximate surface area is 105 Å². The van der Waals surface area contributed by atoms with E-state index in [1.165, 1.54) is 18.2 Å². The smallest absolute Gasteiger partial charge is 0.339 e. The van der Waals surface area contributed by atoms with Crippen LogP contribution in [0.5, 0.6) is 5.75 Å². The Hall–Kier alpha value is -1.89. The molecule has 0 radical (unpaired) electrons. The van der Waals surface area contributed by atoms with E-state index in [-0.39, 0.29) is 17.9 Å². The van der Waals surface area contributed by atoms with Gasteiger partial charge in [0.25, 0.3) is 0 Å². The zero-order valence-electron chi connectivity index (χ0n) is 8.55. The van der Waals surface area contributed by atoms with Gasteiger partial charge in [0.1, 0.15) is 12.2 Å². The zero-order chi connectivity index (χ0) is 13.0. The molecule has 0 atom stereocenters. The van der Waals surface area contributed by atoms with Gasteiger partial charge in [0, 0.05) is 10.5 Å². The topological polar surface area (TPSA) is 89.7 Å². The Morgan fingerprint density at radius 2 is 2.24 bits per heavy atom. The molecule has 0 unspecified atom stereocenters. The summed E-state index contributed by atoms with van der Waals surface area (Å²) in [4.78, 5) is 20.9. The monoisotopic (exact) mass is 301 g/mol. The van der Waals surface area contributed by atoms with Crippen molar-refractivity contribution < 1.29 is 19.6 Å². The second-order valence-corrected chi connectivity index (χ2v) is 4.14. The highest BCUT2D eigenvalue weighted by Crippen LogP contribution is 2.31. The third-order valence-corrected chi connectivity index (χ3v) is 2.02. The maximum Gasteiger partial charge on any atom is 0.339 e. The number of hydrogen-bond acceptors (Lipinski definition) is 4. The number of nitrogens with zero attached hydrogens (tertiary/aromatic N) is 1. The van der Waals surface area contributed by atoms with E-state index < -0.39 is 16.6 Å². The van der Waals surface area contributed by atoms with E-state index in [1.807, 2.05) is 0 Å². The molecule has 0 heterocycles. The molecule has 0 saturated heterocycles. The lowest BCUT2D eigenvalue weighted by Gasteiger charge is -2.08. The minimum absolute atomic E-state index is 0.0505. The molecular weight excluding hydrogens is 294 g/mol. The first-order chi connectivity index (χ1) is 7.93. The molecule has 90 valence electrons. The lowest BCUT2D eigenvalue weighted by atomic mass is 10.2. The van der Waals surface area contributed by atoms with Gasteiger partial charge in [0.2, 0.25) is 5.75 Å². The number of ether oxygens (including phenoxy) is 1. The van der Waals surface area contributed by atoms with Gasteiger partial charge in [-0.2, -0.15) is 0 Å². The average Bonchev–Trinajstić information content (AvgIpc) is 2.25. The van der Waals surface area contributed by atoms with Crippen molar-refractivity contribution in [3.63, 3.8) is 0 Å². The van der Waals surface area contributed by atoms with Crippen LogP contribution in [0.4, 0.5) is 5.69 Å². The Kier molecular flexibility index (Phi) is 4.22. The van der Waals surface area contributed by atoms with Crippen LogP contribution in [-0.4, -0.2) is 22.6 Å². The van der Waals surface area contributed by atoms with Crippen molar-refractivity contribution in [2.75, 3.05) is 6.61 Å². The lowest BCUT2D eigenvalue weighted by Crippen LogP contribution is -2.06. The summed E-state index contributed by atoms with van der Waals surface area (Å²) in [5.74, 6) is -1.56. The number of nitro benzene ring substituents is 1. The third kappa shape index (κ3) is 3.28. The van der Waals surface area contributed by atoms with Crippen LogP contribution in [0.2, 0.25) is 0 Å². The summed E-state index contributed by atoms with van der Waals surface area (Å²) in [5.41, 5.74) is -0.647. The van der Waals surface area contributed by atoms with E-state index in [2.05, 4.69) is 22.5 Å². The molecule has 0 aliphatic rings. The second kappa shape index (κ2) is 5.44. The number of benzene rings is 1. The lowest BCUT2D eigenvalue weighted by molar-refractivity contribution is -0.385. The van der Waals surface area contributed by atoms with Gasteiger partial charge >= 0.3 is 11.7 Å². The molecule has 0 saturated carbocycles. The van der Waals surface area contributed by atoms with Gasteiger partial charge in [-0.1, -0.05) is 28.6 Å². The molecule has 1 aromatic carbocycles. The van der Waals surface area contributed by atoms with Crippen LogP contribution in [0.15, 0.2) is 29.3 Å². The predicted molar refractivity (Wildman–Crippen MR) is 63.6 cm³/mol. The number of rotatable bonds is 5. The molecule has 1 N–H and O–H groups in total. The summed E-state index contributed by atoms with van der Waals surface area (Å²) >= 11 is 3.02. The van der Waals surface area contributed by atoms with Gasteiger partial charge in [-0.3, -0.25) is 10.1 Å². The summed E-state index contributed by atoms with van der Waals surface area (Å²) in [5, 5.41) is 19.6. The van der Waals surface area contributed by atoms with Gasteiger partial charge in [-0.05, 0) is 6.07 Å². The molecule has 1 aromatic rings. The molecule has 0 fully saturated rings. The number of hydrogen-bond donors (Lipinski definition) is 1. The molecule has 0 aliphatic heterocycles. The van der Waals surface area contributed by atoms with E-state index >= 15 is 0 Å². The van der Waals surface area contributed by atoms with Crippen molar-refractivity contribution in [2.45, 2.75) is 0 Å². The van der Waals surface area contributed by atoms with Crippen LogP contribution in [0.3, 0.4) is 0 Å². The quantitative estimate of drug-likeness (QED) is 0.667.